The summed E-state index contributed by atoms with van der Waals surface area (Å²) in [5, 5.41) is 17.9. The lowest BCUT2D eigenvalue weighted by Crippen LogP contribution is -2.38. The molecule has 1 saturated carbocycles. The van der Waals surface area contributed by atoms with Crippen LogP contribution in [0.5, 0.6) is 0 Å². The summed E-state index contributed by atoms with van der Waals surface area (Å²) in [6, 6.07) is 17.4. The predicted octanol–water partition coefficient (Wildman–Crippen LogP) is 4.83. The van der Waals surface area contributed by atoms with E-state index in [-0.39, 0.29) is 36.8 Å². The summed E-state index contributed by atoms with van der Waals surface area (Å²) in [6.07, 6.45) is 6.65. The average Bonchev–Trinajstić information content (AvgIpc) is 3.44. The minimum Gasteiger partial charge on any atom is -0.481 e. The SMILES string of the molecule is CC(CCCCC(=O)O)NC(=O)[C@H](c1ccc(CN2N=C(c3ccccc3)OCC2=O)cc1)C1CCCC1. The second kappa shape index (κ2) is 13.2. The number of hydrazone groups is 1. The van der Waals surface area contributed by atoms with E-state index in [4.69, 9.17) is 9.84 Å². The quantitative estimate of drug-likeness (QED) is 0.391. The maximum Gasteiger partial charge on any atom is 0.303 e. The molecule has 2 aromatic carbocycles. The highest BCUT2D eigenvalue weighted by Gasteiger charge is 2.32. The van der Waals surface area contributed by atoms with Gasteiger partial charge in [0.1, 0.15) is 0 Å². The minimum absolute atomic E-state index is 0.0107. The van der Waals surface area contributed by atoms with Crippen LogP contribution in [0.4, 0.5) is 0 Å². The predicted molar refractivity (Wildman–Crippen MR) is 144 cm³/mol. The van der Waals surface area contributed by atoms with Crippen LogP contribution in [0.15, 0.2) is 59.7 Å². The molecular formula is C30H37N3O5. The highest BCUT2D eigenvalue weighted by Crippen LogP contribution is 2.38. The van der Waals surface area contributed by atoms with Crippen molar-refractivity contribution in [3.8, 4) is 0 Å². The van der Waals surface area contributed by atoms with Gasteiger partial charge in [-0.2, -0.15) is 0 Å². The van der Waals surface area contributed by atoms with Gasteiger partial charge >= 0.3 is 5.97 Å². The fourth-order valence-corrected chi connectivity index (χ4v) is 5.31. The molecule has 1 aliphatic carbocycles. The number of hydrogen-bond acceptors (Lipinski definition) is 5. The third kappa shape index (κ3) is 7.43. The number of carbonyl (C=O) groups excluding carboxylic acids is 2. The van der Waals surface area contributed by atoms with Crippen molar-refractivity contribution in [1.29, 1.82) is 0 Å². The summed E-state index contributed by atoms with van der Waals surface area (Å²) < 4.78 is 5.54. The molecule has 1 aliphatic heterocycles. The number of amides is 2. The Labute approximate surface area is 224 Å². The van der Waals surface area contributed by atoms with Crippen molar-refractivity contribution in [2.45, 2.75) is 76.8 Å². The van der Waals surface area contributed by atoms with E-state index < -0.39 is 5.97 Å². The zero-order chi connectivity index (χ0) is 26.9. The molecule has 4 rings (SSSR count). The molecule has 1 unspecified atom stereocenters. The summed E-state index contributed by atoms with van der Waals surface area (Å²) in [7, 11) is 0. The molecule has 1 heterocycles. The lowest BCUT2D eigenvalue weighted by atomic mass is 9.83. The Hall–Kier alpha value is -3.68. The lowest BCUT2D eigenvalue weighted by molar-refractivity contribution is -0.137. The van der Waals surface area contributed by atoms with Gasteiger partial charge < -0.3 is 15.2 Å². The molecule has 202 valence electrons. The Balaban J connectivity index is 1.42. The van der Waals surface area contributed by atoms with Gasteiger partial charge in [0.2, 0.25) is 11.8 Å². The lowest BCUT2D eigenvalue weighted by Gasteiger charge is -2.26. The number of hydrogen-bond donors (Lipinski definition) is 2. The molecule has 8 heteroatoms. The minimum atomic E-state index is -0.784. The van der Waals surface area contributed by atoms with Crippen molar-refractivity contribution in [3.05, 3.63) is 71.3 Å². The van der Waals surface area contributed by atoms with E-state index in [0.717, 1.165) is 55.2 Å². The Morgan fingerprint density at radius 1 is 1.08 bits per heavy atom. The number of carboxylic acid groups (broad SMARTS) is 1. The molecule has 0 spiro atoms. The zero-order valence-electron chi connectivity index (χ0n) is 22.0. The first-order valence-corrected chi connectivity index (χ1v) is 13.6. The van der Waals surface area contributed by atoms with E-state index in [1.54, 1.807) is 0 Å². The van der Waals surface area contributed by atoms with Crippen LogP contribution in [-0.2, 0) is 25.7 Å². The summed E-state index contributed by atoms with van der Waals surface area (Å²) >= 11 is 0. The first kappa shape index (κ1) is 27.4. The third-order valence-electron chi connectivity index (χ3n) is 7.34. The van der Waals surface area contributed by atoms with Crippen molar-refractivity contribution in [2.75, 3.05) is 6.61 Å². The van der Waals surface area contributed by atoms with Gasteiger partial charge in [-0.3, -0.25) is 14.4 Å². The van der Waals surface area contributed by atoms with Crippen LogP contribution in [0.2, 0.25) is 0 Å². The average molecular weight is 520 g/mol. The Bertz CT molecular complexity index is 1130. The van der Waals surface area contributed by atoms with E-state index in [2.05, 4.69) is 10.4 Å². The first-order chi connectivity index (χ1) is 18.4. The number of benzene rings is 2. The molecule has 0 radical (unpaired) electrons. The normalized spacial score (nSPS) is 17.4. The topological polar surface area (TPSA) is 108 Å². The monoisotopic (exact) mass is 519 g/mol. The standard InChI is InChI=1S/C30H37N3O5/c1-21(9-5-8-14-27(35)36)31-29(37)28(23-10-6-7-11-23)24-17-15-22(16-18-24)19-33-26(34)20-38-30(32-33)25-12-3-2-4-13-25/h2-4,12-13,15-18,21,23,28H,5-11,14,19-20H2,1H3,(H,31,37)(H,35,36)/t21?,28-/m0/s1. The second-order valence-corrected chi connectivity index (χ2v) is 10.3. The second-order valence-electron chi connectivity index (χ2n) is 10.3. The van der Waals surface area contributed by atoms with E-state index >= 15 is 0 Å². The molecule has 1 fully saturated rings. The van der Waals surface area contributed by atoms with Crippen molar-refractivity contribution in [1.82, 2.24) is 10.3 Å². The van der Waals surface area contributed by atoms with E-state index in [1.807, 2.05) is 61.5 Å². The van der Waals surface area contributed by atoms with Gasteiger partial charge in [0.05, 0.1) is 12.5 Å². The molecule has 2 aliphatic rings. The number of carbonyl (C=O) groups is 3. The van der Waals surface area contributed by atoms with Gasteiger partial charge in [0, 0.05) is 18.0 Å². The number of aliphatic carboxylic acids is 1. The maximum atomic E-state index is 13.4. The molecule has 2 N–H and O–H groups in total. The summed E-state index contributed by atoms with van der Waals surface area (Å²) in [6.45, 7) is 2.26. The molecule has 2 atom stereocenters. The van der Waals surface area contributed by atoms with Crippen LogP contribution in [0, 0.1) is 5.92 Å². The van der Waals surface area contributed by atoms with Gasteiger partial charge in [0.25, 0.3) is 5.91 Å². The number of rotatable bonds is 12. The van der Waals surface area contributed by atoms with Crippen molar-refractivity contribution in [3.63, 3.8) is 0 Å². The Morgan fingerprint density at radius 2 is 1.79 bits per heavy atom. The van der Waals surface area contributed by atoms with E-state index in [1.165, 1.54) is 5.01 Å². The van der Waals surface area contributed by atoms with Crippen LogP contribution in [0.1, 0.15) is 80.9 Å². The zero-order valence-corrected chi connectivity index (χ0v) is 22.0. The molecule has 0 saturated heterocycles. The van der Waals surface area contributed by atoms with Gasteiger partial charge in [-0.1, -0.05) is 61.7 Å². The van der Waals surface area contributed by atoms with Gasteiger partial charge in [-0.25, -0.2) is 5.01 Å². The molecule has 2 aromatic rings. The van der Waals surface area contributed by atoms with Crippen LogP contribution in [0.25, 0.3) is 0 Å². The number of nitrogens with zero attached hydrogens (tertiary/aromatic N) is 2. The number of carboxylic acids is 1. The van der Waals surface area contributed by atoms with Gasteiger partial charge in [-0.15, -0.1) is 5.10 Å². The van der Waals surface area contributed by atoms with Gasteiger partial charge in [-0.05, 0) is 61.8 Å². The van der Waals surface area contributed by atoms with Gasteiger partial charge in [0.15, 0.2) is 6.61 Å². The number of ether oxygens (including phenoxy) is 1. The Morgan fingerprint density at radius 3 is 2.47 bits per heavy atom. The fraction of sp³-hybridized carbons (Fsp3) is 0.467. The molecule has 38 heavy (non-hydrogen) atoms. The van der Waals surface area contributed by atoms with E-state index in [0.29, 0.717) is 24.8 Å². The number of nitrogens with one attached hydrogen (secondary N) is 1. The van der Waals surface area contributed by atoms with Crippen molar-refractivity contribution >= 4 is 23.7 Å². The number of unbranched alkanes of at least 4 members (excludes halogenated alkanes) is 1. The Kier molecular flexibility index (Phi) is 9.51. The van der Waals surface area contributed by atoms with Crippen LogP contribution >= 0.6 is 0 Å². The maximum absolute atomic E-state index is 13.4. The molecule has 8 nitrogen and oxygen atoms in total. The van der Waals surface area contributed by atoms with Crippen LogP contribution < -0.4 is 5.32 Å². The molecular weight excluding hydrogens is 482 g/mol. The summed E-state index contributed by atoms with van der Waals surface area (Å²) in [5.41, 5.74) is 2.73. The first-order valence-electron chi connectivity index (χ1n) is 13.6. The fourth-order valence-electron chi connectivity index (χ4n) is 5.31. The highest BCUT2D eigenvalue weighted by atomic mass is 16.5. The molecule has 0 bridgehead atoms. The third-order valence-corrected chi connectivity index (χ3v) is 7.34. The summed E-state index contributed by atoms with van der Waals surface area (Å²) in [5.74, 6) is -0.436. The molecule has 0 aromatic heterocycles. The van der Waals surface area contributed by atoms with E-state index in [9.17, 15) is 14.4 Å². The largest absolute Gasteiger partial charge is 0.481 e. The highest BCUT2D eigenvalue weighted by molar-refractivity contribution is 5.97. The van der Waals surface area contributed by atoms with Crippen molar-refractivity contribution < 1.29 is 24.2 Å². The molecule has 2 amide bonds. The smallest absolute Gasteiger partial charge is 0.303 e. The van der Waals surface area contributed by atoms with Crippen LogP contribution in [0.3, 0.4) is 0 Å². The summed E-state index contributed by atoms with van der Waals surface area (Å²) in [4.78, 5) is 36.6. The van der Waals surface area contributed by atoms with Crippen molar-refractivity contribution in [2.24, 2.45) is 11.0 Å². The van der Waals surface area contributed by atoms with Crippen LogP contribution in [-0.4, -0.2) is 46.4 Å².